The molecule has 0 bridgehead atoms. The van der Waals surface area contributed by atoms with Gasteiger partial charge in [0.2, 0.25) is 0 Å². The van der Waals surface area contributed by atoms with E-state index < -0.39 is 0 Å². The lowest BCUT2D eigenvalue weighted by molar-refractivity contribution is 0.136. The molecule has 0 aromatic carbocycles. The van der Waals surface area contributed by atoms with Crippen molar-refractivity contribution in [1.82, 2.24) is 19.4 Å². The highest BCUT2D eigenvalue weighted by Crippen LogP contribution is 2.30. The van der Waals surface area contributed by atoms with Gasteiger partial charge in [-0.05, 0) is 36.5 Å². The van der Waals surface area contributed by atoms with Crippen molar-refractivity contribution in [3.63, 3.8) is 0 Å². The van der Waals surface area contributed by atoms with Gasteiger partial charge in [0.25, 0.3) is 5.56 Å². The maximum absolute atomic E-state index is 12.6. The highest BCUT2D eigenvalue weighted by molar-refractivity contribution is 7.71. The van der Waals surface area contributed by atoms with E-state index in [4.69, 9.17) is 21.1 Å². The summed E-state index contributed by atoms with van der Waals surface area (Å²) in [7, 11) is 0. The summed E-state index contributed by atoms with van der Waals surface area (Å²) in [6, 6.07) is 7.68. The molecule has 3 aromatic heterocycles. The van der Waals surface area contributed by atoms with Crippen LogP contribution in [-0.4, -0.2) is 32.7 Å². The van der Waals surface area contributed by atoms with Crippen LogP contribution < -0.4 is 10.5 Å². The third-order valence-electron chi connectivity index (χ3n) is 4.95. The summed E-state index contributed by atoms with van der Waals surface area (Å²) < 4.78 is 13.4. The first kappa shape index (κ1) is 16.5. The average molecular weight is 385 g/mol. The summed E-state index contributed by atoms with van der Waals surface area (Å²) in [6.07, 6.45) is 3.35. The smallest absolute Gasteiger partial charge is 0.258 e. The molecule has 1 N–H and O–H groups in total. The third-order valence-corrected chi connectivity index (χ3v) is 5.27. The number of furan rings is 2. The van der Waals surface area contributed by atoms with Gasteiger partial charge in [0.1, 0.15) is 17.3 Å². The zero-order chi connectivity index (χ0) is 18.4. The Morgan fingerprint density at radius 1 is 1.00 bits per heavy atom. The summed E-state index contributed by atoms with van der Waals surface area (Å²) >= 11 is 5.44. The number of H-pyrrole nitrogens is 1. The molecule has 5 heterocycles. The van der Waals surface area contributed by atoms with E-state index in [1.54, 1.807) is 12.5 Å². The van der Waals surface area contributed by atoms with Gasteiger partial charge in [-0.2, -0.15) is 0 Å². The SMILES string of the molecule is O=c1[nH]c(=S)n2c3c1CN(Cc1ccco1)CN3CN(Cc1ccco1)C2. The fourth-order valence-corrected chi connectivity index (χ4v) is 4.10. The first-order valence-corrected chi connectivity index (χ1v) is 9.18. The first-order chi connectivity index (χ1) is 13.2. The quantitative estimate of drug-likeness (QED) is 0.691. The van der Waals surface area contributed by atoms with Crippen molar-refractivity contribution in [2.45, 2.75) is 26.3 Å². The molecule has 0 radical (unpaired) electrons. The minimum Gasteiger partial charge on any atom is -0.468 e. The van der Waals surface area contributed by atoms with Gasteiger partial charge in [-0.1, -0.05) is 0 Å². The maximum Gasteiger partial charge on any atom is 0.258 e. The van der Waals surface area contributed by atoms with E-state index in [1.807, 2.05) is 28.8 Å². The molecule has 0 aliphatic carbocycles. The molecule has 5 rings (SSSR count). The minimum atomic E-state index is -0.111. The van der Waals surface area contributed by atoms with Crippen LogP contribution in [0.15, 0.2) is 50.4 Å². The molecule has 0 fully saturated rings. The van der Waals surface area contributed by atoms with E-state index in [1.165, 1.54) is 0 Å². The number of aromatic nitrogens is 2. The molecule has 9 heteroatoms. The average Bonchev–Trinajstić information content (AvgIpc) is 3.33. The van der Waals surface area contributed by atoms with E-state index >= 15 is 0 Å². The number of nitrogens with one attached hydrogen (secondary N) is 1. The lowest BCUT2D eigenvalue weighted by Gasteiger charge is -2.45. The van der Waals surface area contributed by atoms with Crippen molar-refractivity contribution in [3.8, 4) is 0 Å². The molecular weight excluding hydrogens is 366 g/mol. The number of hydrogen-bond donors (Lipinski definition) is 1. The highest BCUT2D eigenvalue weighted by Gasteiger charge is 2.33. The maximum atomic E-state index is 12.6. The second-order valence-electron chi connectivity index (χ2n) is 6.93. The van der Waals surface area contributed by atoms with Crippen molar-refractivity contribution in [2.24, 2.45) is 0 Å². The normalized spacial score (nSPS) is 17.3. The Labute approximate surface area is 160 Å². The van der Waals surface area contributed by atoms with E-state index in [0.29, 0.717) is 44.4 Å². The standard InChI is InChI=1S/C18H19N5O3S/c24-16-15-9-20(7-13-3-1-5-25-13)10-22-11-21(8-14-4-2-6-26-14)12-23(17(15)22)18(27)19-16/h1-6H,7-12H2,(H,19,24,27). The van der Waals surface area contributed by atoms with Crippen LogP contribution in [0.2, 0.25) is 0 Å². The van der Waals surface area contributed by atoms with Crippen molar-refractivity contribution >= 4 is 18.0 Å². The van der Waals surface area contributed by atoms with Crippen molar-refractivity contribution in [2.75, 3.05) is 18.2 Å². The van der Waals surface area contributed by atoms with Crippen LogP contribution in [-0.2, 0) is 26.3 Å². The summed E-state index contributed by atoms with van der Waals surface area (Å²) in [4.78, 5) is 22.0. The third kappa shape index (κ3) is 3.03. The Morgan fingerprint density at radius 2 is 1.67 bits per heavy atom. The fourth-order valence-electron chi connectivity index (χ4n) is 3.87. The zero-order valence-electron chi connectivity index (χ0n) is 14.6. The molecule has 0 atom stereocenters. The molecule has 2 aliphatic heterocycles. The van der Waals surface area contributed by atoms with Gasteiger partial charge in [0.15, 0.2) is 4.77 Å². The minimum absolute atomic E-state index is 0.111. The molecule has 0 unspecified atom stereocenters. The van der Waals surface area contributed by atoms with Gasteiger partial charge < -0.3 is 13.7 Å². The number of nitrogens with zero attached hydrogens (tertiary/aromatic N) is 4. The van der Waals surface area contributed by atoms with Crippen LogP contribution in [0, 0.1) is 4.77 Å². The second kappa shape index (κ2) is 6.52. The number of anilines is 1. The Morgan fingerprint density at radius 3 is 2.33 bits per heavy atom. The number of aromatic amines is 1. The van der Waals surface area contributed by atoms with E-state index in [-0.39, 0.29) is 5.56 Å². The van der Waals surface area contributed by atoms with Gasteiger partial charge in [-0.3, -0.25) is 24.1 Å². The highest BCUT2D eigenvalue weighted by atomic mass is 32.1. The van der Waals surface area contributed by atoms with Gasteiger partial charge >= 0.3 is 0 Å². The van der Waals surface area contributed by atoms with Gasteiger partial charge in [-0.25, -0.2) is 0 Å². The Balaban J connectivity index is 1.49. The molecular formula is C18H19N5O3S. The Kier molecular flexibility index (Phi) is 4.00. The van der Waals surface area contributed by atoms with Crippen molar-refractivity contribution < 1.29 is 8.83 Å². The molecule has 0 saturated carbocycles. The summed E-state index contributed by atoms with van der Waals surface area (Å²) in [5.41, 5.74) is 0.638. The van der Waals surface area contributed by atoms with Gasteiger partial charge in [0.05, 0.1) is 51.2 Å². The molecule has 8 nitrogen and oxygen atoms in total. The molecule has 3 aromatic rings. The molecule has 27 heavy (non-hydrogen) atoms. The molecule has 0 saturated heterocycles. The van der Waals surface area contributed by atoms with Crippen LogP contribution in [0.4, 0.5) is 5.82 Å². The van der Waals surface area contributed by atoms with Crippen LogP contribution in [0.25, 0.3) is 0 Å². The number of hydrogen-bond acceptors (Lipinski definition) is 7. The van der Waals surface area contributed by atoms with Crippen molar-refractivity contribution in [1.29, 1.82) is 0 Å². The molecule has 0 spiro atoms. The summed E-state index contributed by atoms with van der Waals surface area (Å²) in [6.45, 7) is 3.90. The Hall–Kier alpha value is -2.62. The predicted octanol–water partition coefficient (Wildman–Crippen LogP) is 2.30. The van der Waals surface area contributed by atoms with Crippen LogP contribution in [0.5, 0.6) is 0 Å². The van der Waals surface area contributed by atoms with E-state index in [9.17, 15) is 4.79 Å². The lowest BCUT2D eigenvalue weighted by atomic mass is 10.2. The monoisotopic (exact) mass is 385 g/mol. The van der Waals surface area contributed by atoms with E-state index in [0.717, 1.165) is 22.9 Å². The van der Waals surface area contributed by atoms with Gasteiger partial charge in [0, 0.05) is 6.54 Å². The van der Waals surface area contributed by atoms with E-state index in [2.05, 4.69) is 19.7 Å². The van der Waals surface area contributed by atoms with Crippen LogP contribution in [0.3, 0.4) is 0 Å². The topological polar surface area (TPSA) is 73.8 Å². The zero-order valence-corrected chi connectivity index (χ0v) is 15.4. The summed E-state index contributed by atoms with van der Waals surface area (Å²) in [5, 5.41) is 0. The fraction of sp³-hybridized carbons (Fsp3) is 0.333. The largest absolute Gasteiger partial charge is 0.468 e. The number of rotatable bonds is 4. The van der Waals surface area contributed by atoms with Crippen LogP contribution >= 0.6 is 12.2 Å². The first-order valence-electron chi connectivity index (χ1n) is 8.78. The van der Waals surface area contributed by atoms with Gasteiger partial charge in [-0.15, -0.1) is 0 Å². The predicted molar refractivity (Wildman–Crippen MR) is 100 cm³/mol. The van der Waals surface area contributed by atoms with Crippen LogP contribution in [0.1, 0.15) is 17.1 Å². The summed E-state index contributed by atoms with van der Waals surface area (Å²) in [5.74, 6) is 2.71. The lowest BCUT2D eigenvalue weighted by Crippen LogP contribution is -2.54. The molecule has 0 amide bonds. The Bertz CT molecular complexity index is 973. The molecule has 140 valence electrons. The van der Waals surface area contributed by atoms with Crippen molar-refractivity contribution in [3.05, 3.63) is 69.0 Å². The second-order valence-corrected chi connectivity index (χ2v) is 7.31. The molecule has 2 aliphatic rings.